The van der Waals surface area contributed by atoms with Crippen molar-refractivity contribution in [3.63, 3.8) is 0 Å². The third-order valence-electron chi connectivity index (χ3n) is 4.17. The standard InChI is InChI=1S/C18H20N2O3S/c1-13(23-15-6-2-8-19-12-15)18(22)20-9-3-5-14(20)11-16(21)17-7-4-10-24-17/h2,4,6-8,10,12-14H,3,5,9,11H2,1H3/t13-,14+/m1/s1. The summed E-state index contributed by atoms with van der Waals surface area (Å²) in [5, 5.41) is 1.90. The Morgan fingerprint density at radius 1 is 1.42 bits per heavy atom. The van der Waals surface area contributed by atoms with Crippen molar-refractivity contribution in [3.8, 4) is 5.75 Å². The predicted octanol–water partition coefficient (Wildman–Crippen LogP) is 3.17. The summed E-state index contributed by atoms with van der Waals surface area (Å²) in [6, 6.07) is 7.22. The molecule has 0 aromatic carbocycles. The van der Waals surface area contributed by atoms with Gasteiger partial charge in [0.05, 0.1) is 11.1 Å². The van der Waals surface area contributed by atoms with Crippen LogP contribution in [-0.2, 0) is 4.79 Å². The normalized spacial score (nSPS) is 18.4. The quantitative estimate of drug-likeness (QED) is 0.755. The number of carbonyl (C=O) groups is 2. The van der Waals surface area contributed by atoms with E-state index in [1.165, 1.54) is 11.3 Å². The van der Waals surface area contributed by atoms with Gasteiger partial charge in [0.1, 0.15) is 5.75 Å². The van der Waals surface area contributed by atoms with E-state index in [0.29, 0.717) is 18.7 Å². The summed E-state index contributed by atoms with van der Waals surface area (Å²) in [7, 11) is 0. The van der Waals surface area contributed by atoms with E-state index in [2.05, 4.69) is 4.98 Å². The molecule has 3 rings (SSSR count). The monoisotopic (exact) mass is 344 g/mol. The molecule has 2 aromatic rings. The number of ketones is 1. The molecule has 0 radical (unpaired) electrons. The molecule has 24 heavy (non-hydrogen) atoms. The molecular weight excluding hydrogens is 324 g/mol. The van der Waals surface area contributed by atoms with Crippen molar-refractivity contribution in [2.75, 3.05) is 6.54 Å². The molecule has 3 heterocycles. The van der Waals surface area contributed by atoms with Crippen molar-refractivity contribution in [2.45, 2.75) is 38.3 Å². The molecule has 2 aromatic heterocycles. The molecule has 126 valence electrons. The lowest BCUT2D eigenvalue weighted by Gasteiger charge is -2.27. The van der Waals surface area contributed by atoms with Gasteiger partial charge < -0.3 is 9.64 Å². The Kier molecular flexibility index (Phi) is 5.25. The van der Waals surface area contributed by atoms with E-state index in [1.807, 2.05) is 17.5 Å². The number of pyridine rings is 1. The third-order valence-corrected chi connectivity index (χ3v) is 5.08. The molecule has 0 bridgehead atoms. The van der Waals surface area contributed by atoms with Crippen molar-refractivity contribution in [2.24, 2.45) is 0 Å². The van der Waals surface area contributed by atoms with Crippen molar-refractivity contribution >= 4 is 23.0 Å². The number of amides is 1. The highest BCUT2D eigenvalue weighted by molar-refractivity contribution is 7.12. The fourth-order valence-corrected chi connectivity index (χ4v) is 3.67. The van der Waals surface area contributed by atoms with Gasteiger partial charge in [-0.1, -0.05) is 6.07 Å². The van der Waals surface area contributed by atoms with E-state index in [-0.39, 0.29) is 17.7 Å². The molecule has 2 atom stereocenters. The second-order valence-corrected chi connectivity index (χ2v) is 6.83. The van der Waals surface area contributed by atoms with Crippen LogP contribution in [0.1, 0.15) is 35.9 Å². The minimum Gasteiger partial charge on any atom is -0.479 e. The molecule has 1 amide bonds. The van der Waals surface area contributed by atoms with Crippen LogP contribution in [0.25, 0.3) is 0 Å². The summed E-state index contributed by atoms with van der Waals surface area (Å²) >= 11 is 1.45. The van der Waals surface area contributed by atoms with Gasteiger partial charge in [0.15, 0.2) is 11.9 Å². The predicted molar refractivity (Wildman–Crippen MR) is 92.3 cm³/mol. The molecule has 1 fully saturated rings. The number of carbonyl (C=O) groups excluding carboxylic acids is 2. The van der Waals surface area contributed by atoms with Crippen molar-refractivity contribution in [1.29, 1.82) is 0 Å². The SMILES string of the molecule is C[C@@H](Oc1cccnc1)C(=O)N1CCC[C@H]1CC(=O)c1cccs1. The van der Waals surface area contributed by atoms with Crippen LogP contribution in [-0.4, -0.2) is 40.3 Å². The molecule has 0 N–H and O–H groups in total. The summed E-state index contributed by atoms with van der Waals surface area (Å²) in [6.45, 7) is 2.42. The van der Waals surface area contributed by atoms with Gasteiger partial charge in [0.25, 0.3) is 5.91 Å². The largest absolute Gasteiger partial charge is 0.479 e. The maximum Gasteiger partial charge on any atom is 0.263 e. The first kappa shape index (κ1) is 16.6. The van der Waals surface area contributed by atoms with Crippen LogP contribution in [0.4, 0.5) is 0 Å². The first-order valence-electron chi connectivity index (χ1n) is 8.09. The lowest BCUT2D eigenvalue weighted by molar-refractivity contribution is -0.138. The van der Waals surface area contributed by atoms with Gasteiger partial charge >= 0.3 is 0 Å². The molecule has 0 saturated carbocycles. The van der Waals surface area contributed by atoms with E-state index in [1.54, 1.807) is 36.4 Å². The second kappa shape index (κ2) is 7.57. The van der Waals surface area contributed by atoms with E-state index in [4.69, 9.17) is 4.74 Å². The summed E-state index contributed by atoms with van der Waals surface area (Å²) in [5.74, 6) is 0.611. The lowest BCUT2D eigenvalue weighted by atomic mass is 10.1. The number of rotatable bonds is 6. The number of aromatic nitrogens is 1. The summed E-state index contributed by atoms with van der Waals surface area (Å²) in [6.07, 6.45) is 4.83. The zero-order valence-electron chi connectivity index (χ0n) is 13.6. The van der Waals surface area contributed by atoms with E-state index in [9.17, 15) is 9.59 Å². The first-order chi connectivity index (χ1) is 11.6. The Morgan fingerprint density at radius 2 is 2.29 bits per heavy atom. The Bertz CT molecular complexity index is 688. The molecule has 1 aliphatic rings. The number of hydrogen-bond donors (Lipinski definition) is 0. The van der Waals surface area contributed by atoms with Gasteiger partial charge in [-0.2, -0.15) is 0 Å². The number of nitrogens with zero attached hydrogens (tertiary/aromatic N) is 2. The van der Waals surface area contributed by atoms with Crippen LogP contribution in [0.5, 0.6) is 5.75 Å². The zero-order valence-corrected chi connectivity index (χ0v) is 14.4. The average Bonchev–Trinajstić information content (AvgIpc) is 3.26. The Balaban J connectivity index is 1.61. The Hall–Kier alpha value is -2.21. The molecule has 5 nitrogen and oxygen atoms in total. The summed E-state index contributed by atoms with van der Waals surface area (Å²) in [5.41, 5.74) is 0. The molecule has 0 aliphatic carbocycles. The minimum atomic E-state index is -0.591. The fraction of sp³-hybridized carbons (Fsp3) is 0.389. The van der Waals surface area contributed by atoms with Crippen molar-refractivity contribution in [3.05, 3.63) is 46.9 Å². The van der Waals surface area contributed by atoms with Crippen molar-refractivity contribution in [1.82, 2.24) is 9.88 Å². The molecule has 0 unspecified atom stereocenters. The van der Waals surface area contributed by atoms with Crippen LogP contribution < -0.4 is 4.74 Å². The number of thiophene rings is 1. The maximum atomic E-state index is 12.7. The van der Waals surface area contributed by atoms with Gasteiger partial charge in [0.2, 0.25) is 0 Å². The van der Waals surface area contributed by atoms with Crippen LogP contribution in [0.15, 0.2) is 42.0 Å². The van der Waals surface area contributed by atoms with Crippen LogP contribution in [0.3, 0.4) is 0 Å². The number of ether oxygens (including phenoxy) is 1. The van der Waals surface area contributed by atoms with Gasteiger partial charge in [-0.15, -0.1) is 11.3 Å². The molecule has 1 aliphatic heterocycles. The van der Waals surface area contributed by atoms with Crippen LogP contribution in [0, 0.1) is 0 Å². The van der Waals surface area contributed by atoms with E-state index < -0.39 is 6.10 Å². The van der Waals surface area contributed by atoms with Gasteiger partial charge in [-0.25, -0.2) is 0 Å². The van der Waals surface area contributed by atoms with Gasteiger partial charge in [-0.05, 0) is 43.3 Å². The van der Waals surface area contributed by atoms with Crippen molar-refractivity contribution < 1.29 is 14.3 Å². The Labute approximate surface area is 145 Å². The summed E-state index contributed by atoms with van der Waals surface area (Å²) in [4.78, 5) is 31.6. The fourth-order valence-electron chi connectivity index (χ4n) is 2.99. The minimum absolute atomic E-state index is 0.0351. The number of hydrogen-bond acceptors (Lipinski definition) is 5. The smallest absolute Gasteiger partial charge is 0.263 e. The lowest BCUT2D eigenvalue weighted by Crippen LogP contribution is -2.43. The molecular formula is C18H20N2O3S. The van der Waals surface area contributed by atoms with Crippen LogP contribution in [0.2, 0.25) is 0 Å². The topological polar surface area (TPSA) is 59.5 Å². The summed E-state index contributed by atoms with van der Waals surface area (Å²) < 4.78 is 5.68. The zero-order chi connectivity index (χ0) is 16.9. The molecule has 1 saturated heterocycles. The highest BCUT2D eigenvalue weighted by atomic mass is 32.1. The maximum absolute atomic E-state index is 12.7. The van der Waals surface area contributed by atoms with E-state index >= 15 is 0 Å². The number of likely N-dealkylation sites (tertiary alicyclic amines) is 1. The third kappa shape index (κ3) is 3.82. The highest BCUT2D eigenvalue weighted by Gasteiger charge is 2.33. The van der Waals surface area contributed by atoms with E-state index in [0.717, 1.165) is 17.7 Å². The van der Waals surface area contributed by atoms with Gasteiger partial charge in [-0.3, -0.25) is 14.6 Å². The second-order valence-electron chi connectivity index (χ2n) is 5.88. The van der Waals surface area contributed by atoms with Crippen LogP contribution >= 0.6 is 11.3 Å². The molecule has 6 heteroatoms. The number of Topliss-reactive ketones (excluding diaryl/α,β-unsaturated/α-hetero) is 1. The average molecular weight is 344 g/mol. The van der Waals surface area contributed by atoms with Gasteiger partial charge in [0, 0.05) is 25.2 Å². The highest BCUT2D eigenvalue weighted by Crippen LogP contribution is 2.24. The first-order valence-corrected chi connectivity index (χ1v) is 8.97. The Morgan fingerprint density at radius 3 is 3.00 bits per heavy atom. The molecule has 0 spiro atoms.